The first-order valence-corrected chi connectivity index (χ1v) is 14.7. The average Bonchev–Trinajstić information content (AvgIpc) is 3.23. The van der Waals surface area contributed by atoms with Gasteiger partial charge in [-0.1, -0.05) is 66.2 Å². The number of likely N-dealkylation sites (tertiary alicyclic amines) is 1. The molecule has 1 N–H and O–H groups in total. The van der Waals surface area contributed by atoms with Gasteiger partial charge in [0, 0.05) is 35.6 Å². The van der Waals surface area contributed by atoms with E-state index in [1.54, 1.807) is 57.8 Å². The predicted molar refractivity (Wildman–Crippen MR) is 157 cm³/mol. The van der Waals surface area contributed by atoms with Gasteiger partial charge in [0.05, 0.1) is 29.2 Å². The smallest absolute Gasteiger partial charge is 0.251 e. The number of nitrogens with zero attached hydrogens (tertiary/aromatic N) is 3. The van der Waals surface area contributed by atoms with E-state index in [4.69, 9.17) is 11.6 Å². The summed E-state index contributed by atoms with van der Waals surface area (Å²) in [5.41, 5.74) is 1.63. The first-order chi connectivity index (χ1) is 19.2. The van der Waals surface area contributed by atoms with Gasteiger partial charge in [-0.2, -0.15) is 0 Å². The number of halogens is 1. The normalized spacial score (nSPS) is 32.0. The molecule has 6 rings (SSSR count). The molecule has 1 unspecified atom stereocenters. The highest BCUT2D eigenvalue weighted by Gasteiger charge is 2.74. The molecule has 0 radical (unpaired) electrons. The molecule has 0 aliphatic carbocycles. The molecule has 4 aliphatic rings. The van der Waals surface area contributed by atoms with Crippen LogP contribution >= 0.6 is 23.4 Å². The number of fused-ring (bicyclic) bond motifs is 2. The van der Waals surface area contributed by atoms with Crippen molar-refractivity contribution in [2.75, 3.05) is 31.6 Å². The van der Waals surface area contributed by atoms with Crippen molar-refractivity contribution >= 4 is 46.8 Å². The highest BCUT2D eigenvalue weighted by Crippen LogP contribution is 2.65. The van der Waals surface area contributed by atoms with E-state index in [2.05, 4.69) is 0 Å². The zero-order valence-corrected chi connectivity index (χ0v) is 24.0. The van der Waals surface area contributed by atoms with Crippen molar-refractivity contribution in [3.05, 3.63) is 89.5 Å². The van der Waals surface area contributed by atoms with Gasteiger partial charge in [0.25, 0.3) is 5.91 Å². The maximum Gasteiger partial charge on any atom is 0.251 e. The molecule has 3 amide bonds. The molecular formula is C31H32ClN3O4S. The molecule has 2 fully saturated rings. The topological polar surface area (TPSA) is 81.2 Å². The molecule has 9 heteroatoms. The van der Waals surface area contributed by atoms with Gasteiger partial charge in [0.15, 0.2) is 0 Å². The predicted octanol–water partition coefficient (Wildman–Crippen LogP) is 3.56. The Bertz CT molecular complexity index is 1400. The van der Waals surface area contributed by atoms with Gasteiger partial charge >= 0.3 is 0 Å². The molecule has 4 aliphatic heterocycles. The Morgan fingerprint density at radius 3 is 2.35 bits per heavy atom. The van der Waals surface area contributed by atoms with Crippen LogP contribution in [0.5, 0.6) is 0 Å². The largest absolute Gasteiger partial charge is 0.394 e. The molecular weight excluding hydrogens is 546 g/mol. The maximum atomic E-state index is 14.7. The van der Waals surface area contributed by atoms with E-state index >= 15 is 0 Å². The Kier molecular flexibility index (Phi) is 6.84. The molecule has 40 heavy (non-hydrogen) atoms. The summed E-state index contributed by atoms with van der Waals surface area (Å²) in [7, 11) is 1.75. The fourth-order valence-corrected chi connectivity index (χ4v) is 9.24. The number of carbonyl (C=O) groups is 3. The van der Waals surface area contributed by atoms with Crippen LogP contribution in [0.4, 0.5) is 5.69 Å². The van der Waals surface area contributed by atoms with Crippen LogP contribution in [0.3, 0.4) is 0 Å². The summed E-state index contributed by atoms with van der Waals surface area (Å²) in [6.07, 6.45) is 8.35. The Hall–Kier alpha value is -3.07. The van der Waals surface area contributed by atoms with Crippen LogP contribution in [0.1, 0.15) is 12.5 Å². The summed E-state index contributed by atoms with van der Waals surface area (Å²) in [5.74, 6) is -1.97. The van der Waals surface area contributed by atoms with Gasteiger partial charge in [-0.3, -0.25) is 14.4 Å². The average molecular weight is 578 g/mol. The first kappa shape index (κ1) is 27.1. The van der Waals surface area contributed by atoms with Gasteiger partial charge in [-0.25, -0.2) is 0 Å². The number of carbonyl (C=O) groups excluding carboxylic acids is 3. The van der Waals surface area contributed by atoms with Crippen LogP contribution in [-0.4, -0.2) is 80.9 Å². The maximum absolute atomic E-state index is 14.7. The molecule has 0 saturated carbocycles. The zero-order valence-electron chi connectivity index (χ0n) is 22.4. The molecule has 6 atom stereocenters. The zero-order chi connectivity index (χ0) is 28.2. The van der Waals surface area contributed by atoms with E-state index in [1.165, 1.54) is 0 Å². The number of aliphatic hydroxyl groups excluding tert-OH is 1. The van der Waals surface area contributed by atoms with Crippen molar-refractivity contribution in [1.29, 1.82) is 0 Å². The molecule has 2 saturated heterocycles. The van der Waals surface area contributed by atoms with Crippen LogP contribution in [0.25, 0.3) is 0 Å². The summed E-state index contributed by atoms with van der Waals surface area (Å²) >= 11 is 7.68. The van der Waals surface area contributed by atoms with Crippen LogP contribution in [0.2, 0.25) is 5.02 Å². The lowest BCUT2D eigenvalue weighted by Gasteiger charge is -2.39. The number of anilines is 1. The van der Waals surface area contributed by atoms with Crippen molar-refractivity contribution in [2.45, 2.75) is 34.9 Å². The minimum atomic E-state index is -0.975. The lowest BCUT2D eigenvalue weighted by atomic mass is 9.74. The second kappa shape index (κ2) is 10.1. The lowest BCUT2D eigenvalue weighted by Crippen LogP contribution is -2.57. The minimum Gasteiger partial charge on any atom is -0.394 e. The van der Waals surface area contributed by atoms with Crippen LogP contribution in [-0.2, 0) is 20.8 Å². The molecule has 2 aromatic carbocycles. The highest BCUT2D eigenvalue weighted by molar-refractivity contribution is 8.02. The number of thioether (sulfide) groups is 1. The fraction of sp³-hybridized carbons (Fsp3) is 0.387. The molecule has 1 spiro atoms. The Balaban J connectivity index is 1.50. The van der Waals surface area contributed by atoms with E-state index in [9.17, 15) is 19.5 Å². The molecule has 208 valence electrons. The van der Waals surface area contributed by atoms with Crippen molar-refractivity contribution in [1.82, 2.24) is 9.80 Å². The number of aliphatic hydroxyl groups is 1. The molecule has 7 nitrogen and oxygen atoms in total. The van der Waals surface area contributed by atoms with Gasteiger partial charge in [-0.15, -0.1) is 11.8 Å². The number of likely N-dealkylation sites (N-methyl/N-ethyl adjacent to an activating group) is 1. The number of hydrogen-bond donors (Lipinski definition) is 1. The van der Waals surface area contributed by atoms with Crippen molar-refractivity contribution in [2.24, 2.45) is 11.8 Å². The van der Waals surface area contributed by atoms with E-state index in [0.29, 0.717) is 30.2 Å². The third kappa shape index (κ3) is 4.11. The Labute approximate surface area is 243 Å². The van der Waals surface area contributed by atoms with Crippen LogP contribution in [0, 0.1) is 11.8 Å². The third-order valence-corrected chi connectivity index (χ3v) is 10.8. The van der Waals surface area contributed by atoms with Crippen LogP contribution in [0.15, 0.2) is 78.9 Å². The van der Waals surface area contributed by atoms with Crippen molar-refractivity contribution in [3.63, 3.8) is 0 Å². The SMILES string of the molecule is CN1CC=C[C@]2(C)S[C@]34C=CCN(c5ccc(Cl)cc5)C(=O)C3N([C@@H](CO)Cc3ccccc3)C(=O)[C@@H]4[C@@H]2C1=O. The van der Waals surface area contributed by atoms with E-state index in [1.807, 2.05) is 61.6 Å². The second-order valence-corrected chi connectivity index (χ2v) is 13.4. The Morgan fingerprint density at radius 1 is 0.950 bits per heavy atom. The van der Waals surface area contributed by atoms with Gasteiger partial charge in [-0.05, 0) is 43.2 Å². The summed E-state index contributed by atoms with van der Waals surface area (Å²) < 4.78 is -1.64. The van der Waals surface area contributed by atoms with Gasteiger partial charge in [0.2, 0.25) is 11.8 Å². The summed E-state index contributed by atoms with van der Waals surface area (Å²) in [4.78, 5) is 48.1. The quantitative estimate of drug-likeness (QED) is 0.550. The number of hydrogen-bond acceptors (Lipinski definition) is 5. The van der Waals surface area contributed by atoms with Crippen molar-refractivity contribution < 1.29 is 19.5 Å². The van der Waals surface area contributed by atoms with Gasteiger partial charge < -0.3 is 19.8 Å². The monoisotopic (exact) mass is 577 g/mol. The molecule has 4 heterocycles. The van der Waals surface area contributed by atoms with Crippen LogP contribution < -0.4 is 4.90 Å². The first-order valence-electron chi connectivity index (χ1n) is 13.5. The summed E-state index contributed by atoms with van der Waals surface area (Å²) in [6, 6.07) is 15.2. The summed E-state index contributed by atoms with van der Waals surface area (Å²) in [6.45, 7) is 2.49. The Morgan fingerprint density at radius 2 is 1.65 bits per heavy atom. The van der Waals surface area contributed by atoms with Gasteiger partial charge in [0.1, 0.15) is 6.04 Å². The second-order valence-electron chi connectivity index (χ2n) is 11.2. The standard InChI is InChI=1S/C31H32ClN3O4S/c1-30-14-6-16-33(2)27(37)24(30)25-28(38)35(23(19-36)18-20-8-4-3-5-9-20)26-29(39)34(17-7-15-31(25,26)40-30)22-12-10-21(32)11-13-22/h3-15,23-26,36H,16-19H2,1-2H3/t23-,24-,25+,26?,30+,31+/m1/s1. The van der Waals surface area contributed by atoms with E-state index in [0.717, 1.165) is 5.56 Å². The van der Waals surface area contributed by atoms with Crippen molar-refractivity contribution in [3.8, 4) is 0 Å². The number of amides is 3. The third-order valence-electron chi connectivity index (χ3n) is 8.75. The minimum absolute atomic E-state index is 0.0981. The lowest BCUT2D eigenvalue weighted by molar-refractivity contribution is -0.144. The molecule has 2 aromatic rings. The molecule has 0 aromatic heterocycles. The van der Waals surface area contributed by atoms with E-state index in [-0.39, 0.29) is 24.3 Å². The fourth-order valence-electron chi connectivity index (χ4n) is 6.97. The highest BCUT2D eigenvalue weighted by atomic mass is 35.5. The number of benzene rings is 2. The number of rotatable bonds is 5. The molecule has 0 bridgehead atoms. The summed E-state index contributed by atoms with van der Waals surface area (Å²) in [5, 5.41) is 11.2. The van der Waals surface area contributed by atoms with E-state index < -0.39 is 33.4 Å².